The number of amides is 1. The average Bonchev–Trinajstić information content (AvgIpc) is 3.14. The highest BCUT2D eigenvalue weighted by molar-refractivity contribution is 6.30. The third kappa shape index (κ3) is 3.04. The molecule has 2 atom stereocenters. The molecule has 6 heteroatoms. The van der Waals surface area contributed by atoms with Crippen molar-refractivity contribution in [2.45, 2.75) is 20.1 Å². The number of nitrogens with zero attached hydrogens (tertiary/aromatic N) is 4. The molecule has 0 fully saturated rings. The fourth-order valence-corrected chi connectivity index (χ4v) is 3.30. The molecule has 6 nitrogen and oxygen atoms in total. The lowest BCUT2D eigenvalue weighted by molar-refractivity contribution is -0.114. The van der Waals surface area contributed by atoms with Crippen LogP contribution in [0.15, 0.2) is 82.5 Å². The van der Waals surface area contributed by atoms with Gasteiger partial charge in [0.05, 0.1) is 28.6 Å². The van der Waals surface area contributed by atoms with Crippen LogP contribution in [0.25, 0.3) is 0 Å². The van der Waals surface area contributed by atoms with E-state index < -0.39 is 6.23 Å². The second-order valence-electron chi connectivity index (χ2n) is 6.58. The minimum atomic E-state index is -0.869. The predicted molar refractivity (Wildman–Crippen MR) is 107 cm³/mol. The van der Waals surface area contributed by atoms with Crippen LogP contribution in [0.5, 0.6) is 0 Å². The third-order valence-electron chi connectivity index (χ3n) is 4.75. The van der Waals surface area contributed by atoms with Crippen LogP contribution in [-0.4, -0.2) is 28.7 Å². The average molecular weight is 360 g/mol. The van der Waals surface area contributed by atoms with Gasteiger partial charge in [0, 0.05) is 5.71 Å². The largest absolute Gasteiger partial charge is 0.371 e. The molecule has 0 aliphatic carbocycles. The van der Waals surface area contributed by atoms with Crippen molar-refractivity contribution in [3.05, 3.63) is 72.3 Å². The van der Waals surface area contributed by atoms with Crippen molar-refractivity contribution in [3.8, 4) is 0 Å². The standard InChI is InChI=1S/C21H20N4O2/c1-14-18(20(26)24(22-14)16-9-5-3-6-10-16)13-19-15(2)23-25(21(19)27)17-11-7-4-8-12-17/h3-13,18,20,26H,1-2H3/b19-13-/t18-,20-/m0/s1. The van der Waals surface area contributed by atoms with Gasteiger partial charge in [-0.25, -0.2) is 5.01 Å². The van der Waals surface area contributed by atoms with E-state index in [0.29, 0.717) is 17.0 Å². The number of benzene rings is 2. The van der Waals surface area contributed by atoms with E-state index in [1.807, 2.05) is 67.6 Å². The number of carbonyl (C=O) groups is 1. The van der Waals surface area contributed by atoms with Gasteiger partial charge in [0.1, 0.15) is 0 Å². The summed E-state index contributed by atoms with van der Waals surface area (Å²) in [5.74, 6) is -0.582. The number of aliphatic hydroxyl groups excluding tert-OH is 1. The van der Waals surface area contributed by atoms with Crippen LogP contribution in [0.3, 0.4) is 0 Å². The lowest BCUT2D eigenvalue weighted by Crippen LogP contribution is -2.32. The van der Waals surface area contributed by atoms with E-state index in [-0.39, 0.29) is 11.8 Å². The van der Waals surface area contributed by atoms with Crippen molar-refractivity contribution >= 4 is 28.7 Å². The Hall–Kier alpha value is -3.25. The first-order valence-electron chi connectivity index (χ1n) is 8.80. The number of carbonyl (C=O) groups excluding carboxylic acids is 1. The molecule has 2 aromatic rings. The van der Waals surface area contributed by atoms with Crippen molar-refractivity contribution in [1.82, 2.24) is 0 Å². The maximum atomic E-state index is 12.9. The van der Waals surface area contributed by atoms with Gasteiger partial charge in [0.2, 0.25) is 0 Å². The van der Waals surface area contributed by atoms with Gasteiger partial charge in [-0.15, -0.1) is 0 Å². The summed E-state index contributed by atoms with van der Waals surface area (Å²) in [6.07, 6.45) is 0.905. The topological polar surface area (TPSA) is 68.5 Å². The normalized spacial score (nSPS) is 23.8. The van der Waals surface area contributed by atoms with Gasteiger partial charge >= 0.3 is 0 Å². The SMILES string of the molecule is CC1=NN(c2ccccc2)C(=O)/C1=C\[C@H]1C(C)=NN(c2ccccc2)[C@H]1O. The minimum Gasteiger partial charge on any atom is -0.371 e. The van der Waals surface area contributed by atoms with E-state index in [4.69, 9.17) is 0 Å². The number of anilines is 2. The van der Waals surface area contributed by atoms with Gasteiger partial charge in [-0.2, -0.15) is 15.2 Å². The Kier molecular flexibility index (Phi) is 4.33. The number of rotatable bonds is 3. The van der Waals surface area contributed by atoms with Crippen molar-refractivity contribution in [2.75, 3.05) is 10.0 Å². The van der Waals surface area contributed by atoms with Gasteiger partial charge in [-0.3, -0.25) is 4.79 Å². The van der Waals surface area contributed by atoms with E-state index in [0.717, 1.165) is 11.4 Å². The summed E-state index contributed by atoms with van der Waals surface area (Å²) in [5.41, 5.74) is 3.39. The van der Waals surface area contributed by atoms with Crippen LogP contribution in [0, 0.1) is 5.92 Å². The molecule has 27 heavy (non-hydrogen) atoms. The third-order valence-corrected chi connectivity index (χ3v) is 4.75. The summed E-state index contributed by atoms with van der Waals surface area (Å²) in [6.45, 7) is 3.66. The summed E-state index contributed by atoms with van der Waals surface area (Å²) >= 11 is 0. The number of aliphatic hydroxyl groups is 1. The highest BCUT2D eigenvalue weighted by Crippen LogP contribution is 2.30. The summed E-state index contributed by atoms with van der Waals surface area (Å²) in [7, 11) is 0. The molecular weight excluding hydrogens is 340 g/mol. The van der Waals surface area contributed by atoms with Gasteiger partial charge in [0.15, 0.2) is 6.23 Å². The van der Waals surface area contributed by atoms with Crippen LogP contribution in [-0.2, 0) is 4.79 Å². The summed E-state index contributed by atoms with van der Waals surface area (Å²) < 4.78 is 0. The zero-order chi connectivity index (χ0) is 19.0. The first-order chi connectivity index (χ1) is 13.1. The van der Waals surface area contributed by atoms with Crippen LogP contribution >= 0.6 is 0 Å². The Morgan fingerprint density at radius 2 is 1.52 bits per heavy atom. The number of hydrazone groups is 2. The molecule has 1 N–H and O–H groups in total. The number of hydrogen-bond donors (Lipinski definition) is 1. The van der Waals surface area contributed by atoms with Crippen molar-refractivity contribution < 1.29 is 9.90 Å². The summed E-state index contributed by atoms with van der Waals surface area (Å²) in [6, 6.07) is 18.8. The Labute approximate surface area is 157 Å². The second kappa shape index (κ2) is 6.81. The molecule has 0 spiro atoms. The first kappa shape index (κ1) is 17.2. The minimum absolute atomic E-state index is 0.197. The van der Waals surface area contributed by atoms with Crippen molar-refractivity contribution in [3.63, 3.8) is 0 Å². The van der Waals surface area contributed by atoms with Crippen molar-refractivity contribution in [2.24, 2.45) is 16.1 Å². The zero-order valence-electron chi connectivity index (χ0n) is 15.1. The fourth-order valence-electron chi connectivity index (χ4n) is 3.30. The Bertz CT molecular complexity index is 951. The maximum absolute atomic E-state index is 12.9. The molecule has 136 valence electrons. The molecule has 0 saturated carbocycles. The smallest absolute Gasteiger partial charge is 0.280 e. The quantitative estimate of drug-likeness (QED) is 0.855. The lowest BCUT2D eigenvalue weighted by atomic mass is 9.98. The fraction of sp³-hybridized carbons (Fsp3) is 0.190. The molecule has 1 amide bonds. The van der Waals surface area contributed by atoms with Gasteiger partial charge in [-0.1, -0.05) is 42.5 Å². The number of hydrogen-bond acceptors (Lipinski definition) is 5. The van der Waals surface area contributed by atoms with E-state index >= 15 is 0 Å². The molecule has 4 rings (SSSR count). The van der Waals surface area contributed by atoms with E-state index in [1.54, 1.807) is 18.0 Å². The second-order valence-corrected chi connectivity index (χ2v) is 6.58. The molecule has 0 bridgehead atoms. The Morgan fingerprint density at radius 3 is 2.15 bits per heavy atom. The molecule has 0 saturated heterocycles. The summed E-state index contributed by atoms with van der Waals surface area (Å²) in [5, 5.41) is 22.6. The van der Waals surface area contributed by atoms with E-state index in [2.05, 4.69) is 10.2 Å². The van der Waals surface area contributed by atoms with Crippen LogP contribution in [0.4, 0.5) is 11.4 Å². The predicted octanol–water partition coefficient (Wildman–Crippen LogP) is 3.17. The molecule has 2 heterocycles. The van der Waals surface area contributed by atoms with Crippen LogP contribution < -0.4 is 10.0 Å². The lowest BCUT2D eigenvalue weighted by Gasteiger charge is -2.22. The van der Waals surface area contributed by atoms with Crippen LogP contribution in [0.2, 0.25) is 0 Å². The molecule has 0 aromatic heterocycles. The maximum Gasteiger partial charge on any atom is 0.280 e. The molecule has 2 aromatic carbocycles. The first-order valence-corrected chi connectivity index (χ1v) is 8.80. The highest BCUT2D eigenvalue weighted by Gasteiger charge is 2.36. The van der Waals surface area contributed by atoms with Gasteiger partial charge in [0.25, 0.3) is 5.91 Å². The molecule has 0 unspecified atom stereocenters. The number of para-hydroxylation sites is 2. The summed E-state index contributed by atoms with van der Waals surface area (Å²) in [4.78, 5) is 12.9. The monoisotopic (exact) mass is 360 g/mol. The molecule has 0 radical (unpaired) electrons. The van der Waals surface area contributed by atoms with E-state index in [9.17, 15) is 9.90 Å². The van der Waals surface area contributed by atoms with Crippen molar-refractivity contribution in [1.29, 1.82) is 0 Å². The molecule has 2 aliphatic rings. The Balaban J connectivity index is 1.62. The van der Waals surface area contributed by atoms with Gasteiger partial charge in [-0.05, 0) is 38.1 Å². The molecular formula is C21H20N4O2. The zero-order valence-corrected chi connectivity index (χ0v) is 15.1. The van der Waals surface area contributed by atoms with Gasteiger partial charge < -0.3 is 5.11 Å². The Morgan fingerprint density at radius 1 is 0.926 bits per heavy atom. The van der Waals surface area contributed by atoms with Crippen LogP contribution in [0.1, 0.15) is 13.8 Å². The van der Waals surface area contributed by atoms with E-state index in [1.165, 1.54) is 5.01 Å². The highest BCUT2D eigenvalue weighted by atomic mass is 16.3. The molecule has 2 aliphatic heterocycles.